The maximum Gasteiger partial charge on any atom is 0.410 e. The monoisotopic (exact) mass is 229 g/mol. The van der Waals surface area contributed by atoms with Gasteiger partial charge in [0.15, 0.2) is 0 Å². The minimum Gasteiger partial charge on any atom is -0.444 e. The van der Waals surface area contributed by atoms with Crippen molar-refractivity contribution in [2.24, 2.45) is 0 Å². The predicted octanol–water partition coefficient (Wildman–Crippen LogP) is 1.72. The summed E-state index contributed by atoms with van der Waals surface area (Å²) in [5.41, 5.74) is -0.497. The van der Waals surface area contributed by atoms with Crippen molar-refractivity contribution in [3.8, 4) is 0 Å². The molecule has 90 valence electrons. The lowest BCUT2D eigenvalue weighted by atomic mass is 10.0. The van der Waals surface area contributed by atoms with Crippen LogP contribution in [0.2, 0.25) is 0 Å². The molecule has 1 amide bonds. The van der Waals surface area contributed by atoms with Crippen LogP contribution in [-0.2, 0) is 9.53 Å². The van der Waals surface area contributed by atoms with Crippen molar-refractivity contribution in [3.05, 3.63) is 5.57 Å². The second-order valence-corrected chi connectivity index (χ2v) is 4.77. The Labute approximate surface area is 94.1 Å². The Bertz CT molecular complexity index is 329. The van der Waals surface area contributed by atoms with Crippen molar-refractivity contribution in [3.63, 3.8) is 0 Å². The molecule has 5 heteroatoms. The molecule has 0 saturated carbocycles. The third kappa shape index (κ3) is 3.35. The van der Waals surface area contributed by atoms with Gasteiger partial charge in [0.1, 0.15) is 17.7 Å². The zero-order valence-electron chi connectivity index (χ0n) is 9.75. The first-order valence-electron chi connectivity index (χ1n) is 5.19. The molecule has 1 rings (SSSR count). The van der Waals surface area contributed by atoms with Gasteiger partial charge < -0.3 is 9.64 Å². The summed E-state index contributed by atoms with van der Waals surface area (Å²) in [5.74, 6) is 1.57. The van der Waals surface area contributed by atoms with E-state index in [2.05, 4.69) is 0 Å². The highest BCUT2D eigenvalue weighted by Crippen LogP contribution is 2.19. The molecule has 1 unspecified atom stereocenters. The Balaban J connectivity index is 2.58. The molecular formula is C11H16FNO3. The van der Waals surface area contributed by atoms with Gasteiger partial charge in [-0.2, -0.15) is 0 Å². The smallest absolute Gasteiger partial charge is 0.410 e. The number of halogens is 1. The molecule has 1 fully saturated rings. The van der Waals surface area contributed by atoms with Crippen LogP contribution in [0.5, 0.6) is 0 Å². The summed E-state index contributed by atoms with van der Waals surface area (Å²) in [6.07, 6.45) is -1.73. The van der Waals surface area contributed by atoms with E-state index in [-0.39, 0.29) is 18.5 Å². The maximum atomic E-state index is 13.3. The van der Waals surface area contributed by atoms with E-state index in [1.54, 1.807) is 26.7 Å². The van der Waals surface area contributed by atoms with Crippen LogP contribution in [0.25, 0.3) is 0 Å². The minimum absolute atomic E-state index is 0.0970. The Morgan fingerprint density at radius 3 is 2.62 bits per heavy atom. The average Bonchev–Trinajstić information content (AvgIpc) is 2.15. The molecule has 0 aliphatic carbocycles. The highest BCUT2D eigenvalue weighted by Gasteiger charge is 2.30. The highest BCUT2D eigenvalue weighted by molar-refractivity contribution is 5.69. The molecule has 4 nitrogen and oxygen atoms in total. The molecule has 1 heterocycles. The number of rotatable bonds is 0. The number of alkyl halides is 1. The van der Waals surface area contributed by atoms with Crippen LogP contribution in [0.15, 0.2) is 5.57 Å². The lowest BCUT2D eigenvalue weighted by molar-refractivity contribution is 0.0186. The summed E-state index contributed by atoms with van der Waals surface area (Å²) in [7, 11) is 0. The van der Waals surface area contributed by atoms with E-state index in [9.17, 15) is 14.0 Å². The third-order valence-electron chi connectivity index (χ3n) is 2.19. The second kappa shape index (κ2) is 4.66. The fourth-order valence-corrected chi connectivity index (χ4v) is 1.41. The van der Waals surface area contributed by atoms with Crippen molar-refractivity contribution in [1.29, 1.82) is 0 Å². The number of amides is 1. The highest BCUT2D eigenvalue weighted by atomic mass is 19.1. The van der Waals surface area contributed by atoms with Crippen LogP contribution in [0.3, 0.4) is 0 Å². The van der Waals surface area contributed by atoms with E-state index in [0.717, 1.165) is 0 Å². The van der Waals surface area contributed by atoms with E-state index in [1.807, 2.05) is 0 Å². The Hall–Kier alpha value is -1.35. The minimum atomic E-state index is -1.42. The van der Waals surface area contributed by atoms with Crippen LogP contribution >= 0.6 is 0 Å². The molecule has 1 saturated heterocycles. The average molecular weight is 229 g/mol. The zero-order valence-corrected chi connectivity index (χ0v) is 9.75. The lowest BCUT2D eigenvalue weighted by Crippen LogP contribution is -2.44. The summed E-state index contributed by atoms with van der Waals surface area (Å²) in [6, 6.07) is 0. The molecule has 0 aromatic carbocycles. The van der Waals surface area contributed by atoms with Gasteiger partial charge in [-0.25, -0.2) is 14.0 Å². The summed E-state index contributed by atoms with van der Waals surface area (Å²) < 4.78 is 18.4. The number of nitrogens with zero attached hydrogens (tertiary/aromatic N) is 1. The number of carbonyl (C=O) groups excluding carboxylic acids is 2. The third-order valence-corrected chi connectivity index (χ3v) is 2.19. The molecular weight excluding hydrogens is 213 g/mol. The van der Waals surface area contributed by atoms with Gasteiger partial charge in [0, 0.05) is 6.54 Å². The maximum absolute atomic E-state index is 13.3. The number of carbonyl (C=O) groups is 1. The quantitative estimate of drug-likeness (QED) is 0.594. The SMILES string of the molecule is CC(C)(C)OC(=O)N1CCC(=C=O)C(F)C1. The summed E-state index contributed by atoms with van der Waals surface area (Å²) in [6.45, 7) is 5.43. The van der Waals surface area contributed by atoms with Crippen LogP contribution in [0, 0.1) is 0 Å². The Morgan fingerprint density at radius 2 is 2.19 bits per heavy atom. The van der Waals surface area contributed by atoms with Crippen molar-refractivity contribution in [1.82, 2.24) is 4.90 Å². The van der Waals surface area contributed by atoms with Gasteiger partial charge in [0.25, 0.3) is 0 Å². The number of ether oxygens (including phenoxy) is 1. The Morgan fingerprint density at radius 1 is 1.56 bits per heavy atom. The van der Waals surface area contributed by atoms with Gasteiger partial charge in [0.05, 0.1) is 12.1 Å². The second-order valence-electron chi connectivity index (χ2n) is 4.77. The summed E-state index contributed by atoms with van der Waals surface area (Å²) in [4.78, 5) is 23.2. The molecule has 0 N–H and O–H groups in total. The first kappa shape index (κ1) is 12.7. The molecule has 1 aliphatic heterocycles. The Kier molecular flexibility index (Phi) is 3.70. The van der Waals surface area contributed by atoms with E-state index in [0.29, 0.717) is 6.54 Å². The molecule has 0 radical (unpaired) electrons. The molecule has 0 bridgehead atoms. The van der Waals surface area contributed by atoms with Crippen LogP contribution in [0.1, 0.15) is 27.2 Å². The van der Waals surface area contributed by atoms with E-state index < -0.39 is 17.9 Å². The van der Waals surface area contributed by atoms with Crippen molar-refractivity contribution >= 4 is 12.0 Å². The van der Waals surface area contributed by atoms with Crippen LogP contribution in [0.4, 0.5) is 9.18 Å². The number of likely N-dealkylation sites (tertiary alicyclic amines) is 1. The van der Waals surface area contributed by atoms with E-state index in [4.69, 9.17) is 4.74 Å². The van der Waals surface area contributed by atoms with Crippen molar-refractivity contribution in [2.45, 2.75) is 39.0 Å². The molecule has 0 aromatic heterocycles. The van der Waals surface area contributed by atoms with Gasteiger partial charge in [-0.1, -0.05) is 0 Å². The van der Waals surface area contributed by atoms with Crippen LogP contribution in [-0.4, -0.2) is 41.8 Å². The first-order valence-corrected chi connectivity index (χ1v) is 5.19. The van der Waals surface area contributed by atoms with Gasteiger partial charge in [-0.3, -0.25) is 0 Å². The van der Waals surface area contributed by atoms with Crippen molar-refractivity contribution in [2.75, 3.05) is 13.1 Å². The van der Waals surface area contributed by atoms with Gasteiger partial charge in [-0.15, -0.1) is 0 Å². The fourth-order valence-electron chi connectivity index (χ4n) is 1.41. The van der Waals surface area contributed by atoms with Crippen LogP contribution < -0.4 is 0 Å². The molecule has 0 aromatic rings. The number of hydrogen-bond donors (Lipinski definition) is 0. The first-order chi connectivity index (χ1) is 7.33. The molecule has 16 heavy (non-hydrogen) atoms. The van der Waals surface area contributed by atoms with Gasteiger partial charge in [-0.05, 0) is 27.2 Å². The van der Waals surface area contributed by atoms with Gasteiger partial charge in [0.2, 0.25) is 0 Å². The van der Waals surface area contributed by atoms with E-state index in [1.165, 1.54) is 4.90 Å². The topological polar surface area (TPSA) is 46.6 Å². The largest absolute Gasteiger partial charge is 0.444 e. The molecule has 0 spiro atoms. The van der Waals surface area contributed by atoms with Crippen molar-refractivity contribution < 1.29 is 18.7 Å². The summed E-state index contributed by atoms with van der Waals surface area (Å²) >= 11 is 0. The molecule has 1 aliphatic rings. The normalized spacial score (nSPS) is 21.6. The standard InChI is InChI=1S/C11H16FNO3/c1-11(2,3)16-10(15)13-5-4-8(7-14)9(12)6-13/h9H,4-6H2,1-3H3. The zero-order chi connectivity index (χ0) is 12.3. The molecule has 1 atom stereocenters. The summed E-state index contributed by atoms with van der Waals surface area (Å²) in [5, 5.41) is 0. The fraction of sp³-hybridized carbons (Fsp3) is 0.727. The number of piperidine rings is 1. The number of hydrogen-bond acceptors (Lipinski definition) is 3. The lowest BCUT2D eigenvalue weighted by Gasteiger charge is -2.31. The van der Waals surface area contributed by atoms with Gasteiger partial charge >= 0.3 is 6.09 Å². The predicted molar refractivity (Wildman–Crippen MR) is 56.5 cm³/mol. The van der Waals surface area contributed by atoms with E-state index >= 15 is 0 Å².